The van der Waals surface area contributed by atoms with Gasteiger partial charge in [0, 0.05) is 11.4 Å². The van der Waals surface area contributed by atoms with Crippen molar-refractivity contribution < 1.29 is 0 Å². The Hall–Kier alpha value is -0.200. The van der Waals surface area contributed by atoms with E-state index in [0.29, 0.717) is 0 Å². The van der Waals surface area contributed by atoms with Crippen LogP contribution in [0.1, 0.15) is 10.6 Å². The van der Waals surface area contributed by atoms with Gasteiger partial charge in [-0.3, -0.25) is 0 Å². The molecular weight excluding hydrogens is 331 g/mol. The summed E-state index contributed by atoms with van der Waals surface area (Å²) in [5.41, 5.74) is 1.17. The van der Waals surface area contributed by atoms with E-state index in [1.54, 1.807) is 11.3 Å². The quantitative estimate of drug-likeness (QED) is 0.786. The third-order valence-electron chi connectivity index (χ3n) is 1.69. The van der Waals surface area contributed by atoms with Crippen molar-refractivity contribution in [1.82, 2.24) is 10.2 Å². The van der Waals surface area contributed by atoms with Crippen LogP contribution in [0.4, 0.5) is 0 Å². The largest absolute Gasteiger partial charge is 0.178 e. The third kappa shape index (κ3) is 2.65. The summed E-state index contributed by atoms with van der Waals surface area (Å²) in [4.78, 5) is 0. The van der Waals surface area contributed by atoms with E-state index in [-0.39, 0.29) is 0 Å². The molecule has 0 atom stereocenters. The van der Waals surface area contributed by atoms with Crippen LogP contribution in [0, 0.1) is 3.01 Å². The predicted molar refractivity (Wildman–Crippen MR) is 66.9 cm³/mol. The molecule has 1 heterocycles. The van der Waals surface area contributed by atoms with Crippen LogP contribution in [0.15, 0.2) is 24.3 Å². The number of hydrogen-bond acceptors (Lipinski definition) is 3. The molecule has 1 aromatic carbocycles. The molecule has 2 aromatic rings. The summed E-state index contributed by atoms with van der Waals surface area (Å²) < 4.78 is 0.972. The normalized spacial score (nSPS) is 10.4. The van der Waals surface area contributed by atoms with Gasteiger partial charge in [0.1, 0.15) is 5.01 Å². The lowest BCUT2D eigenvalue weighted by Gasteiger charge is -1.96. The maximum atomic E-state index is 5.88. The molecule has 0 aliphatic heterocycles. The second-order valence-corrected chi connectivity index (χ2v) is 6.01. The van der Waals surface area contributed by atoms with Gasteiger partial charge < -0.3 is 0 Å². The van der Waals surface area contributed by atoms with Gasteiger partial charge in [-0.1, -0.05) is 35.1 Å². The van der Waals surface area contributed by atoms with E-state index < -0.39 is 0 Å². The summed E-state index contributed by atoms with van der Waals surface area (Å²) in [5, 5.41) is 9.81. The highest BCUT2D eigenvalue weighted by Crippen LogP contribution is 2.18. The maximum absolute atomic E-state index is 5.88. The standard InChI is InChI=1S/C9H6ClIN2S/c10-7-3-1-2-6(4-7)5-8-12-13-9(11)14-8/h1-4H,5H2. The first kappa shape index (κ1) is 10.3. The Balaban J connectivity index is 2.18. The Morgan fingerprint density at radius 1 is 1.36 bits per heavy atom. The topological polar surface area (TPSA) is 25.8 Å². The first-order chi connectivity index (χ1) is 6.74. The van der Waals surface area contributed by atoms with E-state index in [0.717, 1.165) is 19.5 Å². The first-order valence-corrected chi connectivity index (χ1v) is 6.24. The summed E-state index contributed by atoms with van der Waals surface area (Å²) in [6.07, 6.45) is 0.807. The Morgan fingerprint density at radius 3 is 2.86 bits per heavy atom. The number of aromatic nitrogens is 2. The van der Waals surface area contributed by atoms with Crippen LogP contribution < -0.4 is 0 Å². The average molecular weight is 337 g/mol. The molecule has 0 saturated carbocycles. The molecule has 0 aliphatic rings. The van der Waals surface area contributed by atoms with E-state index in [1.165, 1.54) is 5.56 Å². The van der Waals surface area contributed by atoms with Gasteiger partial charge in [-0.15, -0.1) is 10.2 Å². The fourth-order valence-corrected chi connectivity index (χ4v) is 2.81. The maximum Gasteiger partial charge on any atom is 0.178 e. The van der Waals surface area contributed by atoms with Crippen LogP contribution >= 0.6 is 45.5 Å². The number of hydrogen-bond donors (Lipinski definition) is 0. The average Bonchev–Trinajstić information content (AvgIpc) is 2.51. The number of nitrogens with zero attached hydrogens (tertiary/aromatic N) is 2. The highest BCUT2D eigenvalue weighted by Gasteiger charge is 2.02. The molecule has 2 nitrogen and oxygen atoms in total. The van der Waals surface area contributed by atoms with Crippen LogP contribution in [0.5, 0.6) is 0 Å². The number of rotatable bonds is 2. The molecule has 0 unspecified atom stereocenters. The van der Waals surface area contributed by atoms with Gasteiger partial charge in [-0.2, -0.15) is 0 Å². The van der Waals surface area contributed by atoms with Crippen molar-refractivity contribution >= 4 is 45.5 Å². The van der Waals surface area contributed by atoms with E-state index in [9.17, 15) is 0 Å². The zero-order valence-corrected chi connectivity index (χ0v) is 10.8. The number of halogens is 2. The van der Waals surface area contributed by atoms with Crippen LogP contribution in [0.3, 0.4) is 0 Å². The van der Waals surface area contributed by atoms with Crippen LogP contribution in [0.2, 0.25) is 5.02 Å². The van der Waals surface area contributed by atoms with Crippen molar-refractivity contribution in [1.29, 1.82) is 0 Å². The van der Waals surface area contributed by atoms with Gasteiger partial charge in [0.2, 0.25) is 0 Å². The summed E-state index contributed by atoms with van der Waals surface area (Å²) >= 11 is 9.66. The van der Waals surface area contributed by atoms with Crippen LogP contribution in [0.25, 0.3) is 0 Å². The molecular formula is C9H6ClIN2S. The van der Waals surface area contributed by atoms with E-state index in [1.807, 2.05) is 24.3 Å². The summed E-state index contributed by atoms with van der Waals surface area (Å²) in [7, 11) is 0. The predicted octanol–water partition coefficient (Wildman–Crippen LogP) is 3.39. The second-order valence-electron chi connectivity index (χ2n) is 2.76. The smallest absolute Gasteiger partial charge is 0.142 e. The SMILES string of the molecule is Clc1cccc(Cc2nnc(I)s2)c1. The van der Waals surface area contributed by atoms with Gasteiger partial charge in [-0.25, -0.2) is 0 Å². The second kappa shape index (κ2) is 4.55. The fraction of sp³-hybridized carbons (Fsp3) is 0.111. The third-order valence-corrected chi connectivity index (χ3v) is 3.51. The Labute approximate surface area is 104 Å². The minimum atomic E-state index is 0.765. The Kier molecular flexibility index (Phi) is 3.35. The molecule has 2 rings (SSSR count). The van der Waals surface area contributed by atoms with E-state index in [4.69, 9.17) is 11.6 Å². The molecule has 0 aliphatic carbocycles. The van der Waals surface area contributed by atoms with Crippen molar-refractivity contribution in [2.45, 2.75) is 6.42 Å². The minimum Gasteiger partial charge on any atom is -0.142 e. The van der Waals surface area contributed by atoms with Gasteiger partial charge >= 0.3 is 0 Å². The molecule has 0 spiro atoms. The highest BCUT2D eigenvalue weighted by molar-refractivity contribution is 14.1. The first-order valence-electron chi connectivity index (χ1n) is 3.96. The molecule has 14 heavy (non-hydrogen) atoms. The van der Waals surface area contributed by atoms with Crippen molar-refractivity contribution in [3.8, 4) is 0 Å². The molecule has 0 bridgehead atoms. The number of benzene rings is 1. The van der Waals surface area contributed by atoms with Crippen molar-refractivity contribution in [3.63, 3.8) is 0 Å². The molecule has 0 amide bonds. The fourth-order valence-electron chi connectivity index (χ4n) is 1.13. The molecule has 0 N–H and O–H groups in total. The molecule has 72 valence electrons. The lowest BCUT2D eigenvalue weighted by molar-refractivity contribution is 0.991. The molecule has 0 fully saturated rings. The molecule has 0 saturated heterocycles. The summed E-state index contributed by atoms with van der Waals surface area (Å²) in [6.45, 7) is 0. The van der Waals surface area contributed by atoms with Gasteiger partial charge in [0.05, 0.1) is 0 Å². The van der Waals surface area contributed by atoms with Gasteiger partial charge in [0.15, 0.2) is 3.01 Å². The molecule has 0 radical (unpaired) electrons. The van der Waals surface area contributed by atoms with Crippen LogP contribution in [-0.2, 0) is 6.42 Å². The molecule has 1 aromatic heterocycles. The Bertz CT molecular complexity index is 444. The lowest BCUT2D eigenvalue weighted by atomic mass is 10.2. The van der Waals surface area contributed by atoms with Crippen molar-refractivity contribution in [3.05, 3.63) is 42.9 Å². The zero-order chi connectivity index (χ0) is 9.97. The summed E-state index contributed by atoms with van der Waals surface area (Å²) in [6, 6.07) is 7.81. The van der Waals surface area contributed by atoms with Crippen molar-refractivity contribution in [2.75, 3.05) is 0 Å². The monoisotopic (exact) mass is 336 g/mol. The van der Waals surface area contributed by atoms with Crippen LogP contribution in [-0.4, -0.2) is 10.2 Å². The zero-order valence-electron chi connectivity index (χ0n) is 7.08. The lowest BCUT2D eigenvalue weighted by Crippen LogP contribution is -1.86. The van der Waals surface area contributed by atoms with E-state index >= 15 is 0 Å². The van der Waals surface area contributed by atoms with Gasteiger partial charge in [0.25, 0.3) is 0 Å². The Morgan fingerprint density at radius 2 is 2.21 bits per heavy atom. The highest BCUT2D eigenvalue weighted by atomic mass is 127. The van der Waals surface area contributed by atoms with Gasteiger partial charge in [-0.05, 0) is 40.3 Å². The minimum absolute atomic E-state index is 0.765. The van der Waals surface area contributed by atoms with Crippen molar-refractivity contribution in [2.24, 2.45) is 0 Å². The molecule has 5 heteroatoms. The van der Waals surface area contributed by atoms with E-state index in [2.05, 4.69) is 32.8 Å². The summed E-state index contributed by atoms with van der Waals surface area (Å²) in [5.74, 6) is 0.